The number of ether oxygens (including phenoxy) is 1. The molecule has 3 nitrogen and oxygen atoms in total. The summed E-state index contributed by atoms with van der Waals surface area (Å²) in [6.07, 6.45) is 0.992. The van der Waals surface area contributed by atoms with Crippen LogP contribution in [0.3, 0.4) is 0 Å². The van der Waals surface area contributed by atoms with Gasteiger partial charge in [-0.05, 0) is 11.8 Å². The quantitative estimate of drug-likeness (QED) is 0.663. The third-order valence-corrected chi connectivity index (χ3v) is 1.61. The average molecular weight is 160 g/mol. The van der Waals surface area contributed by atoms with Crippen LogP contribution in [-0.2, 0) is 9.53 Å². The van der Waals surface area contributed by atoms with Crippen molar-refractivity contribution in [2.75, 3.05) is 13.7 Å². The summed E-state index contributed by atoms with van der Waals surface area (Å²) in [5.41, 5.74) is -0.151. The van der Waals surface area contributed by atoms with Crippen LogP contribution in [-0.4, -0.2) is 24.8 Å². The molecule has 0 aromatic carbocycles. The summed E-state index contributed by atoms with van der Waals surface area (Å²) in [5.74, 6) is -0.744. The molecule has 0 bridgehead atoms. The van der Waals surface area contributed by atoms with Crippen molar-refractivity contribution >= 4 is 5.97 Å². The topological polar surface area (TPSA) is 46.5 Å². The van der Waals surface area contributed by atoms with Gasteiger partial charge in [0.1, 0.15) is 0 Å². The van der Waals surface area contributed by atoms with Gasteiger partial charge in [-0.25, -0.2) is 0 Å². The molecule has 0 aromatic rings. The summed E-state index contributed by atoms with van der Waals surface area (Å²) in [4.78, 5) is 10.3. The first-order valence-corrected chi connectivity index (χ1v) is 3.69. The van der Waals surface area contributed by atoms with Crippen LogP contribution >= 0.6 is 0 Å². The first kappa shape index (κ1) is 10.4. The van der Waals surface area contributed by atoms with Crippen molar-refractivity contribution in [3.05, 3.63) is 0 Å². The van der Waals surface area contributed by atoms with Crippen LogP contribution in [0.5, 0.6) is 0 Å². The SMILES string of the molecule is COCCC(C)(C)CC(=O)O. The van der Waals surface area contributed by atoms with Gasteiger partial charge in [0.2, 0.25) is 0 Å². The maximum Gasteiger partial charge on any atom is 0.303 e. The highest BCUT2D eigenvalue weighted by Crippen LogP contribution is 2.24. The average Bonchev–Trinajstić information content (AvgIpc) is 1.81. The van der Waals surface area contributed by atoms with E-state index in [4.69, 9.17) is 9.84 Å². The molecular formula is C8H16O3. The molecule has 0 spiro atoms. The van der Waals surface area contributed by atoms with E-state index in [1.165, 1.54) is 0 Å². The van der Waals surface area contributed by atoms with E-state index in [2.05, 4.69) is 0 Å². The summed E-state index contributed by atoms with van der Waals surface area (Å²) >= 11 is 0. The van der Waals surface area contributed by atoms with Gasteiger partial charge < -0.3 is 9.84 Å². The lowest BCUT2D eigenvalue weighted by Crippen LogP contribution is -2.18. The second kappa shape index (κ2) is 4.34. The third-order valence-electron chi connectivity index (χ3n) is 1.61. The van der Waals surface area contributed by atoms with Crippen LogP contribution in [0, 0.1) is 5.41 Å². The standard InChI is InChI=1S/C8H16O3/c1-8(2,4-5-11-3)6-7(9)10/h4-6H2,1-3H3,(H,9,10). The Bertz CT molecular complexity index is 129. The van der Waals surface area contributed by atoms with E-state index in [1.54, 1.807) is 7.11 Å². The summed E-state index contributed by atoms with van der Waals surface area (Å²) in [5, 5.41) is 8.51. The van der Waals surface area contributed by atoms with Crippen molar-refractivity contribution in [2.24, 2.45) is 5.41 Å². The van der Waals surface area contributed by atoms with Gasteiger partial charge in [-0.3, -0.25) is 4.79 Å². The van der Waals surface area contributed by atoms with Gasteiger partial charge in [-0.1, -0.05) is 13.8 Å². The largest absolute Gasteiger partial charge is 0.481 e. The molecule has 0 aliphatic rings. The van der Waals surface area contributed by atoms with Crippen LogP contribution in [0.1, 0.15) is 26.7 Å². The van der Waals surface area contributed by atoms with Crippen LogP contribution in [0.15, 0.2) is 0 Å². The fourth-order valence-corrected chi connectivity index (χ4v) is 0.876. The van der Waals surface area contributed by atoms with Gasteiger partial charge in [0.15, 0.2) is 0 Å². The molecule has 0 unspecified atom stereocenters. The molecule has 0 rings (SSSR count). The highest BCUT2D eigenvalue weighted by molar-refractivity contribution is 5.67. The molecule has 1 N–H and O–H groups in total. The molecule has 0 aromatic heterocycles. The normalized spacial score (nSPS) is 11.5. The van der Waals surface area contributed by atoms with Crippen molar-refractivity contribution in [2.45, 2.75) is 26.7 Å². The van der Waals surface area contributed by atoms with Crippen molar-refractivity contribution in [1.82, 2.24) is 0 Å². The summed E-state index contributed by atoms with van der Waals surface area (Å²) in [6, 6.07) is 0. The highest BCUT2D eigenvalue weighted by atomic mass is 16.5. The molecule has 11 heavy (non-hydrogen) atoms. The van der Waals surface area contributed by atoms with E-state index in [0.717, 1.165) is 6.42 Å². The Labute approximate surface area is 67.4 Å². The van der Waals surface area contributed by atoms with E-state index < -0.39 is 5.97 Å². The fourth-order valence-electron chi connectivity index (χ4n) is 0.876. The summed E-state index contributed by atoms with van der Waals surface area (Å²) in [6.45, 7) is 4.49. The van der Waals surface area contributed by atoms with Crippen LogP contribution in [0.25, 0.3) is 0 Å². The Morgan fingerprint density at radius 2 is 2.09 bits per heavy atom. The summed E-state index contributed by atoms with van der Waals surface area (Å²) in [7, 11) is 1.62. The number of hydrogen-bond donors (Lipinski definition) is 1. The predicted molar refractivity (Wildman–Crippen MR) is 42.5 cm³/mol. The van der Waals surface area contributed by atoms with Gasteiger partial charge in [0.05, 0.1) is 6.42 Å². The third kappa shape index (κ3) is 5.85. The Balaban J connectivity index is 3.70. The van der Waals surface area contributed by atoms with E-state index in [0.29, 0.717) is 6.61 Å². The molecule has 0 saturated carbocycles. The smallest absolute Gasteiger partial charge is 0.303 e. The minimum Gasteiger partial charge on any atom is -0.481 e. The summed E-state index contributed by atoms with van der Waals surface area (Å²) < 4.78 is 4.87. The Hall–Kier alpha value is -0.570. The number of rotatable bonds is 5. The predicted octanol–water partition coefficient (Wildman–Crippen LogP) is 1.52. The molecule has 0 fully saturated rings. The zero-order valence-electron chi connectivity index (χ0n) is 7.39. The first-order chi connectivity index (χ1) is 4.98. The zero-order chi connectivity index (χ0) is 8.91. The highest BCUT2D eigenvalue weighted by Gasteiger charge is 2.20. The molecule has 0 amide bonds. The molecule has 0 aliphatic carbocycles. The maximum absolute atomic E-state index is 10.3. The lowest BCUT2D eigenvalue weighted by molar-refractivity contribution is -0.139. The number of aliphatic carboxylic acids is 1. The van der Waals surface area contributed by atoms with Crippen molar-refractivity contribution in [3.63, 3.8) is 0 Å². The number of carbonyl (C=O) groups is 1. The van der Waals surface area contributed by atoms with E-state index in [9.17, 15) is 4.79 Å². The minimum absolute atomic E-state index is 0.151. The second-order valence-electron chi connectivity index (χ2n) is 3.48. The maximum atomic E-state index is 10.3. The molecule has 0 atom stereocenters. The minimum atomic E-state index is -0.744. The van der Waals surface area contributed by atoms with E-state index in [-0.39, 0.29) is 11.8 Å². The molecule has 0 aliphatic heterocycles. The van der Waals surface area contributed by atoms with Gasteiger partial charge in [-0.2, -0.15) is 0 Å². The van der Waals surface area contributed by atoms with E-state index in [1.807, 2.05) is 13.8 Å². The number of hydrogen-bond acceptors (Lipinski definition) is 2. The molecular weight excluding hydrogens is 144 g/mol. The first-order valence-electron chi connectivity index (χ1n) is 3.69. The van der Waals surface area contributed by atoms with Gasteiger partial charge in [-0.15, -0.1) is 0 Å². The van der Waals surface area contributed by atoms with Crippen LogP contribution in [0.2, 0.25) is 0 Å². The zero-order valence-corrected chi connectivity index (χ0v) is 7.39. The molecule has 0 heterocycles. The van der Waals surface area contributed by atoms with Crippen LogP contribution < -0.4 is 0 Å². The van der Waals surface area contributed by atoms with E-state index >= 15 is 0 Å². The molecule has 0 saturated heterocycles. The Kier molecular flexibility index (Phi) is 4.11. The number of methoxy groups -OCH3 is 1. The number of carboxylic acid groups (broad SMARTS) is 1. The van der Waals surface area contributed by atoms with Gasteiger partial charge in [0.25, 0.3) is 0 Å². The number of carboxylic acids is 1. The van der Waals surface area contributed by atoms with Crippen LogP contribution in [0.4, 0.5) is 0 Å². The second-order valence-corrected chi connectivity index (χ2v) is 3.48. The molecule has 0 radical (unpaired) electrons. The molecule has 3 heteroatoms. The Morgan fingerprint density at radius 1 is 1.55 bits per heavy atom. The lowest BCUT2D eigenvalue weighted by atomic mass is 9.86. The van der Waals surface area contributed by atoms with Gasteiger partial charge >= 0.3 is 5.97 Å². The Morgan fingerprint density at radius 3 is 2.45 bits per heavy atom. The van der Waals surface area contributed by atoms with Crippen molar-refractivity contribution < 1.29 is 14.6 Å². The molecule has 66 valence electrons. The fraction of sp³-hybridized carbons (Fsp3) is 0.875. The lowest BCUT2D eigenvalue weighted by Gasteiger charge is -2.21. The van der Waals surface area contributed by atoms with Crippen molar-refractivity contribution in [3.8, 4) is 0 Å². The monoisotopic (exact) mass is 160 g/mol. The van der Waals surface area contributed by atoms with Gasteiger partial charge in [0, 0.05) is 13.7 Å². The van der Waals surface area contributed by atoms with Crippen molar-refractivity contribution in [1.29, 1.82) is 0 Å².